The fraction of sp³-hybridized carbons (Fsp3) is 0.300. The third-order valence-electron chi connectivity index (χ3n) is 1.69. The van der Waals surface area contributed by atoms with Crippen LogP contribution in [0.4, 0.5) is 0 Å². The first-order valence-corrected chi connectivity index (χ1v) is 4.28. The van der Waals surface area contributed by atoms with Crippen LogP contribution in [0.5, 0.6) is 11.5 Å². The number of carbonyl (C=O) groups is 1. The molecule has 1 radical (unpaired) electrons. The molecule has 1 rings (SSSR count). The highest BCUT2D eigenvalue weighted by Crippen LogP contribution is 2.30. The molecule has 0 aromatic heterocycles. The largest absolute Gasteiger partial charge is 0.489 e. The standard InChI is InChI=1S/C10H11O4/c1-2-14-10-7(6-9(12)13)4-3-5-8(10)11/h3-5H,2,6H2,1H3,(H,12,13). The van der Waals surface area contributed by atoms with E-state index < -0.39 is 5.97 Å². The molecule has 1 N–H and O–H groups in total. The molecule has 0 bridgehead atoms. The predicted molar refractivity (Wildman–Crippen MR) is 49.1 cm³/mol. The normalized spacial score (nSPS) is 9.79. The summed E-state index contributed by atoms with van der Waals surface area (Å²) in [6.07, 6.45) is -0.189. The summed E-state index contributed by atoms with van der Waals surface area (Å²) in [6.45, 7) is 2.10. The van der Waals surface area contributed by atoms with Gasteiger partial charge in [-0.15, -0.1) is 0 Å². The Bertz CT molecular complexity index is 333. The molecule has 0 aliphatic rings. The third-order valence-corrected chi connectivity index (χ3v) is 1.69. The van der Waals surface area contributed by atoms with Gasteiger partial charge in [0.1, 0.15) is 0 Å². The lowest BCUT2D eigenvalue weighted by Gasteiger charge is -2.08. The Kier molecular flexibility index (Phi) is 3.34. The molecule has 0 saturated heterocycles. The van der Waals surface area contributed by atoms with Crippen molar-refractivity contribution in [3.63, 3.8) is 0 Å². The molecule has 0 atom stereocenters. The monoisotopic (exact) mass is 195 g/mol. The van der Waals surface area contributed by atoms with Gasteiger partial charge in [-0.3, -0.25) is 9.90 Å². The number of carboxylic acids is 1. The summed E-state index contributed by atoms with van der Waals surface area (Å²) >= 11 is 0. The maximum Gasteiger partial charge on any atom is 0.307 e. The molecule has 0 saturated carbocycles. The molecule has 0 unspecified atom stereocenters. The van der Waals surface area contributed by atoms with Crippen molar-refractivity contribution >= 4 is 5.97 Å². The van der Waals surface area contributed by atoms with Gasteiger partial charge in [0.05, 0.1) is 13.0 Å². The van der Waals surface area contributed by atoms with Crippen molar-refractivity contribution < 1.29 is 19.7 Å². The quantitative estimate of drug-likeness (QED) is 0.797. The van der Waals surface area contributed by atoms with E-state index in [2.05, 4.69) is 0 Å². The highest BCUT2D eigenvalue weighted by Gasteiger charge is 2.12. The number of para-hydroxylation sites is 1. The summed E-state index contributed by atoms with van der Waals surface area (Å²) in [5.74, 6) is -1.10. The highest BCUT2D eigenvalue weighted by atomic mass is 16.5. The van der Waals surface area contributed by atoms with Crippen molar-refractivity contribution in [3.8, 4) is 11.5 Å². The number of ether oxygens (including phenoxy) is 1. The molecular formula is C10H11O4. The van der Waals surface area contributed by atoms with Crippen LogP contribution in [-0.4, -0.2) is 17.7 Å². The number of aliphatic carboxylic acids is 1. The van der Waals surface area contributed by atoms with Crippen LogP contribution in [0.1, 0.15) is 12.5 Å². The first kappa shape index (κ1) is 10.4. The molecular weight excluding hydrogens is 184 g/mol. The Morgan fingerprint density at radius 1 is 1.50 bits per heavy atom. The number of hydrogen-bond acceptors (Lipinski definition) is 2. The summed E-state index contributed by atoms with van der Waals surface area (Å²) in [5.41, 5.74) is 0.423. The zero-order chi connectivity index (χ0) is 10.6. The molecule has 0 aliphatic heterocycles. The minimum Gasteiger partial charge on any atom is -0.489 e. The maximum absolute atomic E-state index is 11.3. The second-order valence-electron chi connectivity index (χ2n) is 2.75. The van der Waals surface area contributed by atoms with Crippen LogP contribution in [0.15, 0.2) is 18.2 Å². The van der Waals surface area contributed by atoms with Gasteiger partial charge in [-0.1, -0.05) is 12.1 Å². The average Bonchev–Trinajstić information content (AvgIpc) is 2.10. The van der Waals surface area contributed by atoms with E-state index in [4.69, 9.17) is 9.84 Å². The smallest absolute Gasteiger partial charge is 0.307 e. The minimum absolute atomic E-state index is 0.150. The Morgan fingerprint density at radius 2 is 2.21 bits per heavy atom. The minimum atomic E-state index is -0.975. The van der Waals surface area contributed by atoms with Crippen LogP contribution in [-0.2, 0) is 16.3 Å². The van der Waals surface area contributed by atoms with E-state index in [1.165, 1.54) is 12.1 Å². The van der Waals surface area contributed by atoms with Crippen molar-refractivity contribution in [3.05, 3.63) is 23.8 Å². The number of hydrogen-bond donors (Lipinski definition) is 1. The molecule has 4 heteroatoms. The van der Waals surface area contributed by atoms with Crippen LogP contribution in [0.2, 0.25) is 0 Å². The van der Waals surface area contributed by atoms with Gasteiger partial charge >= 0.3 is 5.97 Å². The van der Waals surface area contributed by atoms with Crippen LogP contribution in [0.25, 0.3) is 0 Å². The SMILES string of the molecule is CCOc1c([O])cccc1CC(=O)O. The van der Waals surface area contributed by atoms with Crippen molar-refractivity contribution in [1.82, 2.24) is 0 Å². The fourth-order valence-electron chi connectivity index (χ4n) is 1.17. The Hall–Kier alpha value is -1.71. The van der Waals surface area contributed by atoms with Gasteiger partial charge in [-0.05, 0) is 13.0 Å². The van der Waals surface area contributed by atoms with Crippen LogP contribution in [0.3, 0.4) is 0 Å². The topological polar surface area (TPSA) is 66.4 Å². The van der Waals surface area contributed by atoms with Crippen molar-refractivity contribution in [2.24, 2.45) is 0 Å². The van der Waals surface area contributed by atoms with E-state index in [0.717, 1.165) is 0 Å². The average molecular weight is 195 g/mol. The van der Waals surface area contributed by atoms with E-state index >= 15 is 0 Å². The van der Waals surface area contributed by atoms with Gasteiger partial charge in [0, 0.05) is 5.56 Å². The number of carboxylic acid groups (broad SMARTS) is 1. The Labute approximate surface area is 81.8 Å². The molecule has 0 amide bonds. The van der Waals surface area contributed by atoms with Gasteiger partial charge in [0.25, 0.3) is 0 Å². The van der Waals surface area contributed by atoms with Gasteiger partial charge in [0.2, 0.25) is 5.75 Å². The summed E-state index contributed by atoms with van der Waals surface area (Å²) in [7, 11) is 0. The molecule has 1 aromatic carbocycles. The molecule has 14 heavy (non-hydrogen) atoms. The van der Waals surface area contributed by atoms with E-state index in [1.54, 1.807) is 13.0 Å². The Morgan fingerprint density at radius 3 is 2.79 bits per heavy atom. The highest BCUT2D eigenvalue weighted by molar-refractivity contribution is 5.72. The van der Waals surface area contributed by atoms with E-state index in [9.17, 15) is 9.90 Å². The molecule has 0 spiro atoms. The van der Waals surface area contributed by atoms with E-state index in [0.29, 0.717) is 12.2 Å². The summed E-state index contributed by atoms with van der Waals surface area (Å²) in [5, 5.41) is 19.9. The second-order valence-corrected chi connectivity index (χ2v) is 2.75. The van der Waals surface area contributed by atoms with E-state index in [-0.39, 0.29) is 17.9 Å². The van der Waals surface area contributed by atoms with Gasteiger partial charge < -0.3 is 9.84 Å². The molecule has 4 nitrogen and oxygen atoms in total. The molecule has 0 aliphatic carbocycles. The predicted octanol–water partition coefficient (Wildman–Crippen LogP) is 1.86. The summed E-state index contributed by atoms with van der Waals surface area (Å²) < 4.78 is 5.09. The lowest BCUT2D eigenvalue weighted by atomic mass is 10.1. The fourth-order valence-corrected chi connectivity index (χ4v) is 1.17. The first-order chi connectivity index (χ1) is 6.65. The first-order valence-electron chi connectivity index (χ1n) is 4.28. The van der Waals surface area contributed by atoms with E-state index in [1.807, 2.05) is 0 Å². The number of benzene rings is 1. The Balaban J connectivity index is 3.01. The lowest BCUT2D eigenvalue weighted by Crippen LogP contribution is -2.03. The van der Waals surface area contributed by atoms with Crippen molar-refractivity contribution in [2.75, 3.05) is 6.61 Å². The van der Waals surface area contributed by atoms with Gasteiger partial charge in [-0.2, -0.15) is 0 Å². The maximum atomic E-state index is 11.3. The second kappa shape index (κ2) is 4.50. The van der Waals surface area contributed by atoms with Gasteiger partial charge in [0.15, 0.2) is 5.75 Å². The van der Waals surface area contributed by atoms with Crippen LogP contribution < -0.4 is 4.74 Å². The molecule has 1 aromatic rings. The van der Waals surface area contributed by atoms with Crippen LogP contribution in [0, 0.1) is 0 Å². The van der Waals surface area contributed by atoms with Crippen LogP contribution >= 0.6 is 0 Å². The zero-order valence-electron chi connectivity index (χ0n) is 7.82. The number of rotatable bonds is 4. The van der Waals surface area contributed by atoms with Gasteiger partial charge in [-0.25, -0.2) is 0 Å². The zero-order valence-corrected chi connectivity index (χ0v) is 7.82. The van der Waals surface area contributed by atoms with Crippen molar-refractivity contribution in [2.45, 2.75) is 13.3 Å². The van der Waals surface area contributed by atoms with Crippen molar-refractivity contribution in [1.29, 1.82) is 0 Å². The molecule has 0 fully saturated rings. The lowest BCUT2D eigenvalue weighted by molar-refractivity contribution is -0.136. The molecule has 75 valence electrons. The third kappa shape index (κ3) is 2.39. The molecule has 0 heterocycles. The summed E-state index contributed by atoms with van der Waals surface area (Å²) in [6, 6.07) is 4.47. The summed E-state index contributed by atoms with van der Waals surface area (Å²) in [4.78, 5) is 10.5.